The Morgan fingerprint density at radius 3 is 2.00 bits per heavy atom. The van der Waals surface area contributed by atoms with Crippen molar-refractivity contribution in [3.8, 4) is 0 Å². The molecule has 1 rings (SSSR count). The molecule has 0 radical (unpaired) electrons. The van der Waals surface area contributed by atoms with E-state index >= 15 is 0 Å². The van der Waals surface area contributed by atoms with Gasteiger partial charge in [0.25, 0.3) is 0 Å². The van der Waals surface area contributed by atoms with E-state index in [9.17, 15) is 0 Å². The molecule has 0 bridgehead atoms. The van der Waals surface area contributed by atoms with Crippen LogP contribution in [0, 0.1) is 5.92 Å². The topological polar surface area (TPSA) is 18.5 Å². The van der Waals surface area contributed by atoms with Crippen molar-refractivity contribution in [2.45, 2.75) is 72.0 Å². The minimum Gasteiger partial charge on any atom is -0.400 e. The lowest BCUT2D eigenvalue weighted by atomic mass is 9.86. The van der Waals surface area contributed by atoms with Gasteiger partial charge in [0.1, 0.15) is 0 Å². The SMILES string of the molecule is CCCC(/C=C/B1OC(C)(C)C(C)(C)O1)CC. The van der Waals surface area contributed by atoms with Gasteiger partial charge in [-0.25, -0.2) is 0 Å². The van der Waals surface area contributed by atoms with Crippen molar-refractivity contribution in [2.24, 2.45) is 5.92 Å². The number of allylic oxidation sites excluding steroid dienone is 1. The predicted octanol–water partition coefficient (Wildman–Crippen LogP) is 4.00. The van der Waals surface area contributed by atoms with Crippen LogP contribution in [-0.4, -0.2) is 18.3 Å². The molecular weight excluding hydrogens is 211 g/mol. The first-order valence-corrected chi connectivity index (χ1v) is 6.86. The van der Waals surface area contributed by atoms with Crippen LogP contribution in [0.2, 0.25) is 0 Å². The van der Waals surface area contributed by atoms with Gasteiger partial charge < -0.3 is 9.31 Å². The minimum atomic E-state index is -0.228. The zero-order valence-corrected chi connectivity index (χ0v) is 12.2. The van der Waals surface area contributed by atoms with Crippen molar-refractivity contribution in [1.82, 2.24) is 0 Å². The molecule has 0 aromatic rings. The second-order valence-electron chi connectivity index (χ2n) is 5.97. The molecule has 0 aromatic carbocycles. The van der Waals surface area contributed by atoms with E-state index in [2.05, 4.69) is 53.6 Å². The first-order chi connectivity index (χ1) is 7.82. The average molecular weight is 238 g/mol. The Labute approximate surface area is 107 Å². The van der Waals surface area contributed by atoms with E-state index in [1.165, 1.54) is 19.3 Å². The monoisotopic (exact) mass is 238 g/mol. The van der Waals surface area contributed by atoms with Gasteiger partial charge >= 0.3 is 7.12 Å². The van der Waals surface area contributed by atoms with Crippen LogP contribution in [0.4, 0.5) is 0 Å². The van der Waals surface area contributed by atoms with Crippen LogP contribution >= 0.6 is 0 Å². The van der Waals surface area contributed by atoms with Gasteiger partial charge in [-0.15, -0.1) is 0 Å². The third-order valence-electron chi connectivity index (χ3n) is 4.00. The second kappa shape index (κ2) is 5.58. The molecule has 1 aliphatic rings. The standard InChI is InChI=1S/C14H27BO2/c1-7-9-12(8-2)10-11-15-16-13(3,4)14(5,6)17-15/h10-12H,7-9H2,1-6H3/b11-10+. The molecule has 1 aliphatic heterocycles. The van der Waals surface area contributed by atoms with Gasteiger partial charge in [-0.1, -0.05) is 32.3 Å². The van der Waals surface area contributed by atoms with Crippen LogP contribution in [0.1, 0.15) is 60.8 Å². The van der Waals surface area contributed by atoms with Gasteiger partial charge in [0.05, 0.1) is 11.2 Å². The maximum Gasteiger partial charge on any atom is 0.486 e. The van der Waals surface area contributed by atoms with Crippen molar-refractivity contribution >= 4 is 7.12 Å². The molecule has 1 atom stereocenters. The number of hydrogen-bond acceptors (Lipinski definition) is 2. The van der Waals surface area contributed by atoms with Crippen molar-refractivity contribution in [3.63, 3.8) is 0 Å². The van der Waals surface area contributed by atoms with E-state index in [0.717, 1.165) is 0 Å². The average Bonchev–Trinajstić information content (AvgIpc) is 2.42. The Morgan fingerprint density at radius 2 is 1.59 bits per heavy atom. The van der Waals surface area contributed by atoms with Crippen LogP contribution in [0.5, 0.6) is 0 Å². The summed E-state index contributed by atoms with van der Waals surface area (Å²) in [5.74, 6) is 2.74. The zero-order chi connectivity index (χ0) is 13.1. The molecule has 1 saturated heterocycles. The fraction of sp³-hybridized carbons (Fsp3) is 0.857. The van der Waals surface area contributed by atoms with Crippen molar-refractivity contribution in [3.05, 3.63) is 12.1 Å². The molecule has 0 N–H and O–H groups in total. The Morgan fingerprint density at radius 1 is 1.06 bits per heavy atom. The van der Waals surface area contributed by atoms with Gasteiger partial charge in [-0.05, 0) is 46.5 Å². The molecule has 0 saturated carbocycles. The summed E-state index contributed by atoms with van der Waals surface area (Å²) >= 11 is 0. The summed E-state index contributed by atoms with van der Waals surface area (Å²) in [6, 6.07) is 0. The summed E-state index contributed by atoms with van der Waals surface area (Å²) in [6.45, 7) is 12.8. The number of hydrogen-bond donors (Lipinski definition) is 0. The highest BCUT2D eigenvalue weighted by atomic mass is 16.7. The van der Waals surface area contributed by atoms with Crippen molar-refractivity contribution < 1.29 is 9.31 Å². The summed E-state index contributed by atoms with van der Waals surface area (Å²) in [4.78, 5) is 0. The zero-order valence-electron chi connectivity index (χ0n) is 12.2. The van der Waals surface area contributed by atoms with Gasteiger partial charge in [0, 0.05) is 0 Å². The molecule has 98 valence electrons. The summed E-state index contributed by atoms with van der Waals surface area (Å²) < 4.78 is 11.9. The van der Waals surface area contributed by atoms with Crippen LogP contribution in [0.15, 0.2) is 12.1 Å². The minimum absolute atomic E-state index is 0.189. The van der Waals surface area contributed by atoms with Crippen LogP contribution in [-0.2, 0) is 9.31 Å². The van der Waals surface area contributed by atoms with Crippen molar-refractivity contribution in [1.29, 1.82) is 0 Å². The van der Waals surface area contributed by atoms with Crippen LogP contribution in [0.3, 0.4) is 0 Å². The maximum absolute atomic E-state index is 5.93. The third kappa shape index (κ3) is 3.59. The summed E-state index contributed by atoms with van der Waals surface area (Å²) in [6.07, 6.45) is 5.91. The van der Waals surface area contributed by atoms with Crippen LogP contribution < -0.4 is 0 Å². The molecule has 0 amide bonds. The lowest BCUT2D eigenvalue weighted by Crippen LogP contribution is -2.41. The highest BCUT2D eigenvalue weighted by Crippen LogP contribution is 2.37. The smallest absolute Gasteiger partial charge is 0.400 e. The molecule has 1 heterocycles. The molecule has 17 heavy (non-hydrogen) atoms. The Kier molecular flexibility index (Phi) is 4.85. The van der Waals surface area contributed by atoms with Gasteiger partial charge in [0.2, 0.25) is 0 Å². The molecule has 1 fully saturated rings. The molecule has 3 heteroatoms. The largest absolute Gasteiger partial charge is 0.486 e. The molecule has 0 aliphatic carbocycles. The molecule has 1 unspecified atom stereocenters. The highest BCUT2D eigenvalue weighted by molar-refractivity contribution is 6.51. The lowest BCUT2D eigenvalue weighted by Gasteiger charge is -2.32. The molecular formula is C14H27BO2. The lowest BCUT2D eigenvalue weighted by molar-refractivity contribution is 0.00578. The van der Waals surface area contributed by atoms with E-state index in [-0.39, 0.29) is 18.3 Å². The quantitative estimate of drug-likeness (QED) is 0.674. The molecule has 2 nitrogen and oxygen atoms in total. The maximum atomic E-state index is 5.93. The Bertz CT molecular complexity index is 255. The highest BCUT2D eigenvalue weighted by Gasteiger charge is 2.49. The van der Waals surface area contributed by atoms with E-state index in [1.54, 1.807) is 0 Å². The van der Waals surface area contributed by atoms with E-state index in [4.69, 9.17) is 9.31 Å². The van der Waals surface area contributed by atoms with E-state index in [1.807, 2.05) is 0 Å². The summed E-state index contributed by atoms with van der Waals surface area (Å²) in [5, 5.41) is 0. The molecule has 0 aromatic heterocycles. The van der Waals surface area contributed by atoms with Gasteiger partial charge in [-0.3, -0.25) is 0 Å². The summed E-state index contributed by atoms with van der Waals surface area (Å²) in [7, 11) is -0.189. The third-order valence-corrected chi connectivity index (χ3v) is 4.00. The van der Waals surface area contributed by atoms with Crippen LogP contribution in [0.25, 0.3) is 0 Å². The Hall–Kier alpha value is -0.275. The first-order valence-electron chi connectivity index (χ1n) is 6.86. The fourth-order valence-corrected chi connectivity index (χ4v) is 2.02. The fourth-order valence-electron chi connectivity index (χ4n) is 2.02. The number of rotatable bonds is 5. The van der Waals surface area contributed by atoms with Gasteiger partial charge in [-0.2, -0.15) is 0 Å². The summed E-state index contributed by atoms with van der Waals surface area (Å²) in [5.41, 5.74) is -0.455. The normalized spacial score (nSPS) is 24.5. The van der Waals surface area contributed by atoms with E-state index < -0.39 is 0 Å². The second-order valence-corrected chi connectivity index (χ2v) is 5.97. The molecule has 0 spiro atoms. The van der Waals surface area contributed by atoms with Gasteiger partial charge in [0.15, 0.2) is 0 Å². The Balaban J connectivity index is 2.57. The first kappa shape index (κ1) is 14.8. The predicted molar refractivity (Wildman–Crippen MR) is 73.9 cm³/mol. The van der Waals surface area contributed by atoms with Crippen molar-refractivity contribution in [2.75, 3.05) is 0 Å². The van der Waals surface area contributed by atoms with E-state index in [0.29, 0.717) is 5.92 Å².